The maximum atomic E-state index is 12.3. The van der Waals surface area contributed by atoms with E-state index in [4.69, 9.17) is 44.9 Å². The third-order valence-corrected chi connectivity index (χ3v) is 6.22. The van der Waals surface area contributed by atoms with Gasteiger partial charge in [0.1, 0.15) is 29.0 Å². The Morgan fingerprint density at radius 3 is 2.63 bits per heavy atom. The van der Waals surface area contributed by atoms with Crippen LogP contribution in [0.5, 0.6) is 11.5 Å². The molecule has 0 N–H and O–H groups in total. The van der Waals surface area contributed by atoms with E-state index < -0.39 is 0 Å². The second-order valence-corrected chi connectivity index (χ2v) is 8.86. The average molecular weight is 480 g/mol. The van der Waals surface area contributed by atoms with Crippen LogP contribution in [0.1, 0.15) is 11.1 Å². The van der Waals surface area contributed by atoms with Gasteiger partial charge in [-0.15, -0.1) is 6.58 Å². The number of para-hydroxylation sites is 1. The van der Waals surface area contributed by atoms with E-state index in [2.05, 4.69) is 6.58 Å². The van der Waals surface area contributed by atoms with Crippen molar-refractivity contribution in [1.29, 1.82) is 0 Å². The summed E-state index contributed by atoms with van der Waals surface area (Å²) in [5.41, 5.74) is 1.66. The summed E-state index contributed by atoms with van der Waals surface area (Å²) in [6.45, 7) is 4.35. The van der Waals surface area contributed by atoms with E-state index in [1.165, 1.54) is 16.7 Å². The second-order valence-electron chi connectivity index (χ2n) is 6.34. The Hall–Kier alpha value is -1.99. The van der Waals surface area contributed by atoms with E-state index in [0.29, 0.717) is 37.2 Å². The molecule has 0 radical (unpaired) electrons. The molecular weight excluding hydrogens is 461 g/mol. The number of hydrogen-bond donors (Lipinski definition) is 0. The van der Waals surface area contributed by atoms with Gasteiger partial charge in [0.05, 0.1) is 9.93 Å². The van der Waals surface area contributed by atoms with Crippen LogP contribution in [0.25, 0.3) is 6.08 Å². The van der Waals surface area contributed by atoms with Crippen molar-refractivity contribution in [2.45, 2.75) is 6.42 Å². The molecule has 30 heavy (non-hydrogen) atoms. The Morgan fingerprint density at radius 2 is 1.93 bits per heavy atom. The van der Waals surface area contributed by atoms with Crippen LogP contribution >= 0.6 is 47.2 Å². The lowest BCUT2D eigenvalue weighted by Gasteiger charge is -2.14. The zero-order valence-corrected chi connectivity index (χ0v) is 19.3. The summed E-state index contributed by atoms with van der Waals surface area (Å²) in [5, 5.41) is 0.799. The lowest BCUT2D eigenvalue weighted by atomic mass is 10.1. The Bertz CT molecular complexity index is 1020. The third kappa shape index (κ3) is 5.38. The molecule has 1 aliphatic heterocycles. The van der Waals surface area contributed by atoms with E-state index >= 15 is 0 Å². The molecule has 1 saturated heterocycles. The van der Waals surface area contributed by atoms with Crippen molar-refractivity contribution < 1.29 is 14.3 Å². The van der Waals surface area contributed by atoms with Crippen LogP contribution < -0.4 is 9.47 Å². The molecule has 0 atom stereocenters. The van der Waals surface area contributed by atoms with Crippen molar-refractivity contribution in [2.75, 3.05) is 20.3 Å². The molecule has 0 unspecified atom stereocenters. The number of halogens is 2. The lowest BCUT2D eigenvalue weighted by Crippen LogP contribution is -2.22. The number of hydrogen-bond acceptors (Lipinski definition) is 5. The number of ether oxygens (including phenoxy) is 2. The highest BCUT2D eigenvalue weighted by molar-refractivity contribution is 8.26. The van der Waals surface area contributed by atoms with Gasteiger partial charge in [-0.3, -0.25) is 9.69 Å². The monoisotopic (exact) mass is 479 g/mol. The van der Waals surface area contributed by atoms with Gasteiger partial charge in [-0.05, 0) is 36.3 Å². The molecule has 3 rings (SSSR count). The van der Waals surface area contributed by atoms with Gasteiger partial charge < -0.3 is 9.47 Å². The largest absolute Gasteiger partial charge is 0.490 e. The standard InChI is InChI=1S/C22H19Cl2NO3S2/c1-3-6-14-7-4-5-8-18(14)27-9-10-28-20-15(11-16(23)13-17(20)24)12-19-21(26)25(2)22(29)30-19/h3-5,7-8,11-13H,1,6,9-10H2,2H3/b19-12-. The Morgan fingerprint density at radius 1 is 1.20 bits per heavy atom. The number of carbonyl (C=O) groups is 1. The molecule has 1 aliphatic rings. The minimum Gasteiger partial charge on any atom is -0.490 e. The number of rotatable bonds is 8. The zero-order chi connectivity index (χ0) is 21.7. The number of amides is 1. The van der Waals surface area contributed by atoms with Gasteiger partial charge in [-0.25, -0.2) is 0 Å². The molecule has 0 bridgehead atoms. The van der Waals surface area contributed by atoms with E-state index in [9.17, 15) is 4.79 Å². The van der Waals surface area contributed by atoms with Crippen molar-refractivity contribution in [1.82, 2.24) is 4.90 Å². The molecule has 2 aromatic rings. The third-order valence-electron chi connectivity index (χ3n) is 4.23. The van der Waals surface area contributed by atoms with E-state index in [0.717, 1.165) is 17.7 Å². The predicted molar refractivity (Wildman–Crippen MR) is 129 cm³/mol. The van der Waals surface area contributed by atoms with Gasteiger partial charge in [0.2, 0.25) is 0 Å². The normalized spacial score (nSPS) is 15.0. The number of nitrogens with zero attached hydrogens (tertiary/aromatic N) is 1. The van der Waals surface area contributed by atoms with E-state index in [1.54, 1.807) is 25.3 Å². The van der Waals surface area contributed by atoms with Gasteiger partial charge in [0.25, 0.3) is 5.91 Å². The summed E-state index contributed by atoms with van der Waals surface area (Å²) in [5.74, 6) is 1.05. The molecule has 1 amide bonds. The lowest BCUT2D eigenvalue weighted by molar-refractivity contribution is -0.121. The van der Waals surface area contributed by atoms with Gasteiger partial charge in [0, 0.05) is 17.6 Å². The number of carbonyl (C=O) groups excluding carboxylic acids is 1. The van der Waals surface area contributed by atoms with Crippen LogP contribution in [0.15, 0.2) is 54.0 Å². The number of thiocarbonyl (C=S) groups is 1. The van der Waals surface area contributed by atoms with Crippen molar-refractivity contribution in [3.05, 3.63) is 75.1 Å². The fraction of sp³-hybridized carbons (Fsp3) is 0.182. The number of allylic oxidation sites excluding steroid dienone is 1. The van der Waals surface area contributed by atoms with Crippen LogP contribution in [-0.2, 0) is 11.2 Å². The topological polar surface area (TPSA) is 38.8 Å². The molecule has 0 aromatic heterocycles. The van der Waals surface area contributed by atoms with Crippen LogP contribution in [0.2, 0.25) is 10.0 Å². The van der Waals surface area contributed by atoms with Crippen LogP contribution in [0, 0.1) is 0 Å². The Balaban J connectivity index is 1.73. The first-order chi connectivity index (χ1) is 14.4. The zero-order valence-electron chi connectivity index (χ0n) is 16.2. The highest BCUT2D eigenvalue weighted by atomic mass is 35.5. The molecule has 4 nitrogen and oxygen atoms in total. The first-order valence-corrected chi connectivity index (χ1v) is 11.0. The highest BCUT2D eigenvalue weighted by Crippen LogP contribution is 2.37. The first kappa shape index (κ1) is 22.7. The minimum absolute atomic E-state index is 0.172. The van der Waals surface area contributed by atoms with Crippen LogP contribution in [0.4, 0.5) is 0 Å². The van der Waals surface area contributed by atoms with Crippen LogP contribution in [0.3, 0.4) is 0 Å². The molecule has 1 heterocycles. The number of likely N-dealkylation sites (N-methyl/N-ethyl adjacent to an activating group) is 1. The van der Waals surface area contributed by atoms with Gasteiger partial charge in [-0.1, -0.05) is 71.5 Å². The quantitative estimate of drug-likeness (QED) is 0.200. The maximum absolute atomic E-state index is 12.3. The summed E-state index contributed by atoms with van der Waals surface area (Å²) >= 11 is 18.9. The van der Waals surface area contributed by atoms with E-state index in [1.807, 2.05) is 30.3 Å². The Labute approximate surface area is 195 Å². The smallest absolute Gasteiger partial charge is 0.265 e. The second kappa shape index (κ2) is 10.4. The minimum atomic E-state index is -0.172. The summed E-state index contributed by atoms with van der Waals surface area (Å²) in [4.78, 5) is 14.2. The van der Waals surface area contributed by atoms with Crippen molar-refractivity contribution >= 4 is 63.5 Å². The molecule has 1 fully saturated rings. The molecule has 8 heteroatoms. The van der Waals surface area contributed by atoms with Gasteiger partial charge >= 0.3 is 0 Å². The number of benzene rings is 2. The van der Waals surface area contributed by atoms with Gasteiger partial charge in [0.15, 0.2) is 0 Å². The Kier molecular flexibility index (Phi) is 7.83. The molecule has 2 aromatic carbocycles. The summed E-state index contributed by atoms with van der Waals surface area (Å²) in [6, 6.07) is 11.1. The first-order valence-electron chi connectivity index (χ1n) is 9.05. The van der Waals surface area contributed by atoms with E-state index in [-0.39, 0.29) is 12.5 Å². The molecule has 0 saturated carbocycles. The molecule has 0 aliphatic carbocycles. The molecule has 156 valence electrons. The SMILES string of the molecule is C=CCc1ccccc1OCCOc1c(Cl)cc(Cl)cc1/C=C1\SC(=S)N(C)C1=O. The average Bonchev–Trinajstić information content (AvgIpc) is 2.94. The predicted octanol–water partition coefficient (Wildman–Crippen LogP) is 6.01. The summed E-state index contributed by atoms with van der Waals surface area (Å²) < 4.78 is 12.2. The fourth-order valence-electron chi connectivity index (χ4n) is 2.79. The van der Waals surface area contributed by atoms with Crippen molar-refractivity contribution in [3.63, 3.8) is 0 Å². The van der Waals surface area contributed by atoms with Crippen molar-refractivity contribution in [2.24, 2.45) is 0 Å². The maximum Gasteiger partial charge on any atom is 0.265 e. The summed E-state index contributed by atoms with van der Waals surface area (Å²) in [7, 11) is 1.64. The molecular formula is C22H19Cl2NO3S2. The fourth-order valence-corrected chi connectivity index (χ4v) is 4.52. The van der Waals surface area contributed by atoms with Gasteiger partial charge in [-0.2, -0.15) is 0 Å². The number of thioether (sulfide) groups is 1. The molecule has 0 spiro atoms. The summed E-state index contributed by atoms with van der Waals surface area (Å²) in [6.07, 6.45) is 4.24. The van der Waals surface area contributed by atoms with Crippen LogP contribution in [-0.4, -0.2) is 35.4 Å². The van der Waals surface area contributed by atoms with Crippen molar-refractivity contribution in [3.8, 4) is 11.5 Å². The highest BCUT2D eigenvalue weighted by Gasteiger charge is 2.29.